The minimum atomic E-state index is -3.11. The lowest BCUT2D eigenvalue weighted by Gasteiger charge is -2.36. The molecule has 1 fully saturated rings. The molecule has 2 rings (SSSR count). The van der Waals surface area contributed by atoms with Crippen LogP contribution >= 0.6 is 0 Å². The van der Waals surface area contributed by atoms with Crippen molar-refractivity contribution in [1.29, 1.82) is 0 Å². The van der Waals surface area contributed by atoms with Crippen molar-refractivity contribution in [2.45, 2.75) is 30.8 Å². The second-order valence-corrected chi connectivity index (χ2v) is 7.67. The first-order chi connectivity index (χ1) is 9.36. The predicted molar refractivity (Wildman–Crippen MR) is 75.9 cm³/mol. The van der Waals surface area contributed by atoms with Gasteiger partial charge in [-0.2, -0.15) is 0 Å². The van der Waals surface area contributed by atoms with Gasteiger partial charge in [0, 0.05) is 13.1 Å². The number of carboxylic acids is 1. The largest absolute Gasteiger partial charge is 0.477 e. The van der Waals surface area contributed by atoms with Crippen molar-refractivity contribution in [3.63, 3.8) is 0 Å². The summed E-state index contributed by atoms with van der Waals surface area (Å²) in [6.07, 6.45) is 0.543. The van der Waals surface area contributed by atoms with Crippen LogP contribution in [0.25, 0.3) is 0 Å². The summed E-state index contributed by atoms with van der Waals surface area (Å²) in [5, 5.41) is 8.06. The maximum Gasteiger partial charge on any atom is 0.354 e. The normalized spacial score (nSPS) is 25.4. The van der Waals surface area contributed by atoms with Crippen LogP contribution in [0.5, 0.6) is 0 Å². The average molecular weight is 298 g/mol. The van der Waals surface area contributed by atoms with E-state index in [4.69, 9.17) is 5.11 Å². The molecule has 1 aromatic rings. The highest BCUT2D eigenvalue weighted by Gasteiger charge is 2.37. The van der Waals surface area contributed by atoms with Gasteiger partial charge in [0.05, 0.1) is 10.5 Å². The van der Waals surface area contributed by atoms with Crippen LogP contribution < -0.4 is 4.90 Å². The Morgan fingerprint density at radius 3 is 2.75 bits per heavy atom. The summed E-state index contributed by atoms with van der Waals surface area (Å²) < 4.78 is 24.3. The summed E-state index contributed by atoms with van der Waals surface area (Å²) in [6, 6.07) is 4.76. The zero-order valence-electron chi connectivity index (χ0n) is 11.5. The molecular weight excluding hydrogens is 280 g/mol. The third-order valence-corrected chi connectivity index (χ3v) is 6.34. The van der Waals surface area contributed by atoms with Crippen molar-refractivity contribution >= 4 is 21.6 Å². The van der Waals surface area contributed by atoms with Crippen molar-refractivity contribution in [3.05, 3.63) is 23.9 Å². The Kier molecular flexibility index (Phi) is 3.99. The number of hydrogen-bond donors (Lipinski definition) is 1. The number of aromatic nitrogens is 1. The Morgan fingerprint density at radius 1 is 1.45 bits per heavy atom. The van der Waals surface area contributed by atoms with Crippen LogP contribution in [0, 0.1) is 0 Å². The van der Waals surface area contributed by atoms with Gasteiger partial charge in [0.2, 0.25) is 0 Å². The molecule has 1 N–H and O–H groups in total. The number of anilines is 1. The van der Waals surface area contributed by atoms with Gasteiger partial charge in [0.1, 0.15) is 5.82 Å². The molecule has 0 bridgehead atoms. The number of pyridine rings is 1. The average Bonchev–Trinajstić information content (AvgIpc) is 2.41. The number of sulfone groups is 1. The number of nitrogens with zero attached hydrogens (tertiary/aromatic N) is 2. The molecule has 1 saturated heterocycles. The van der Waals surface area contributed by atoms with Gasteiger partial charge in [-0.25, -0.2) is 18.2 Å². The molecule has 0 amide bonds. The molecule has 2 unspecified atom stereocenters. The lowest BCUT2D eigenvalue weighted by atomic mass is 10.2. The van der Waals surface area contributed by atoms with Crippen molar-refractivity contribution < 1.29 is 18.3 Å². The topological polar surface area (TPSA) is 87.6 Å². The van der Waals surface area contributed by atoms with E-state index in [2.05, 4.69) is 4.98 Å². The number of carbonyl (C=O) groups is 1. The van der Waals surface area contributed by atoms with Gasteiger partial charge in [-0.05, 0) is 25.5 Å². The van der Waals surface area contributed by atoms with Crippen LogP contribution in [0.15, 0.2) is 18.2 Å². The van der Waals surface area contributed by atoms with Crippen LogP contribution in [0.2, 0.25) is 0 Å². The van der Waals surface area contributed by atoms with Crippen molar-refractivity contribution in [1.82, 2.24) is 4.98 Å². The highest BCUT2D eigenvalue weighted by atomic mass is 32.2. The van der Waals surface area contributed by atoms with Crippen molar-refractivity contribution in [2.75, 3.05) is 18.0 Å². The molecule has 20 heavy (non-hydrogen) atoms. The molecule has 1 aromatic heterocycles. The Morgan fingerprint density at radius 2 is 2.15 bits per heavy atom. The highest BCUT2D eigenvalue weighted by Crippen LogP contribution is 2.25. The fraction of sp³-hybridized carbons (Fsp3) is 0.538. The van der Waals surface area contributed by atoms with Gasteiger partial charge in [0.15, 0.2) is 15.5 Å². The van der Waals surface area contributed by atoms with E-state index in [0.29, 0.717) is 25.3 Å². The van der Waals surface area contributed by atoms with Gasteiger partial charge in [-0.3, -0.25) is 0 Å². The fourth-order valence-corrected chi connectivity index (χ4v) is 4.33. The first kappa shape index (κ1) is 14.8. The zero-order chi connectivity index (χ0) is 14.9. The number of aromatic carboxylic acids is 1. The van der Waals surface area contributed by atoms with Gasteiger partial charge in [-0.15, -0.1) is 0 Å². The molecule has 2 heterocycles. The van der Waals surface area contributed by atoms with Crippen LogP contribution in [-0.4, -0.2) is 48.1 Å². The van der Waals surface area contributed by atoms with Crippen molar-refractivity contribution in [2.24, 2.45) is 0 Å². The minimum Gasteiger partial charge on any atom is -0.477 e. The summed E-state index contributed by atoms with van der Waals surface area (Å²) in [4.78, 5) is 16.9. The van der Waals surface area contributed by atoms with E-state index in [0.717, 1.165) is 0 Å². The van der Waals surface area contributed by atoms with E-state index in [1.165, 1.54) is 6.07 Å². The highest BCUT2D eigenvalue weighted by molar-refractivity contribution is 7.92. The molecule has 1 aliphatic rings. The summed E-state index contributed by atoms with van der Waals surface area (Å²) in [5.41, 5.74) is -0.0309. The van der Waals surface area contributed by atoms with E-state index in [1.54, 1.807) is 19.1 Å². The molecule has 7 heteroatoms. The van der Waals surface area contributed by atoms with Gasteiger partial charge < -0.3 is 10.0 Å². The van der Waals surface area contributed by atoms with E-state index < -0.39 is 26.3 Å². The van der Waals surface area contributed by atoms with Crippen LogP contribution in [0.4, 0.5) is 5.82 Å². The third kappa shape index (κ3) is 2.63. The maximum absolute atomic E-state index is 12.2. The smallest absolute Gasteiger partial charge is 0.354 e. The molecular formula is C13H18N2O4S. The number of hydrogen-bond acceptors (Lipinski definition) is 5. The SMILES string of the molecule is CCC1CN(c2cccc(C(=O)O)n2)CC(C)S1(=O)=O. The maximum atomic E-state index is 12.2. The molecule has 6 nitrogen and oxygen atoms in total. The number of carboxylic acid groups (broad SMARTS) is 1. The summed E-state index contributed by atoms with van der Waals surface area (Å²) >= 11 is 0. The molecule has 2 atom stereocenters. The van der Waals surface area contributed by atoms with Crippen LogP contribution in [-0.2, 0) is 9.84 Å². The Labute approximate surface area is 118 Å². The van der Waals surface area contributed by atoms with Crippen LogP contribution in [0.1, 0.15) is 30.8 Å². The van der Waals surface area contributed by atoms with Gasteiger partial charge >= 0.3 is 5.97 Å². The lowest BCUT2D eigenvalue weighted by Crippen LogP contribution is -2.51. The molecule has 0 aromatic carbocycles. The summed E-state index contributed by atoms with van der Waals surface area (Å²) in [5.74, 6) is -0.568. The van der Waals surface area contributed by atoms with E-state index in [1.807, 2.05) is 11.8 Å². The fourth-order valence-electron chi connectivity index (χ4n) is 2.43. The zero-order valence-corrected chi connectivity index (χ0v) is 12.3. The summed E-state index contributed by atoms with van der Waals surface area (Å²) in [6.45, 7) is 4.24. The first-order valence-corrected chi connectivity index (χ1v) is 8.15. The molecule has 0 aliphatic carbocycles. The molecule has 0 saturated carbocycles. The molecule has 0 radical (unpaired) electrons. The predicted octanol–water partition coefficient (Wildman–Crippen LogP) is 1.18. The Hall–Kier alpha value is -1.63. The van der Waals surface area contributed by atoms with Gasteiger partial charge in [-0.1, -0.05) is 13.0 Å². The monoisotopic (exact) mass is 298 g/mol. The number of rotatable bonds is 3. The second kappa shape index (κ2) is 5.40. The van der Waals surface area contributed by atoms with Crippen LogP contribution in [0.3, 0.4) is 0 Å². The second-order valence-electron chi connectivity index (χ2n) is 5.02. The van der Waals surface area contributed by atoms with Crippen molar-refractivity contribution in [3.8, 4) is 0 Å². The summed E-state index contributed by atoms with van der Waals surface area (Å²) in [7, 11) is -3.11. The van der Waals surface area contributed by atoms with Gasteiger partial charge in [0.25, 0.3) is 0 Å². The molecule has 0 spiro atoms. The Balaban J connectivity index is 2.31. The molecule has 1 aliphatic heterocycles. The standard InChI is InChI=1S/C13H18N2O4S/c1-3-10-8-15(7-9(2)20(10,18)19)12-6-4-5-11(14-12)13(16)17/h4-6,9-10H,3,7-8H2,1-2H3,(H,16,17). The lowest BCUT2D eigenvalue weighted by molar-refractivity contribution is 0.0690. The quantitative estimate of drug-likeness (QED) is 0.901. The minimum absolute atomic E-state index is 0.0309. The Bertz CT molecular complexity index is 615. The molecule has 110 valence electrons. The van der Waals surface area contributed by atoms with E-state index >= 15 is 0 Å². The third-order valence-electron chi connectivity index (χ3n) is 3.66. The first-order valence-electron chi connectivity index (χ1n) is 6.54. The van der Waals surface area contributed by atoms with E-state index in [9.17, 15) is 13.2 Å². The van der Waals surface area contributed by atoms with E-state index in [-0.39, 0.29) is 5.69 Å².